The van der Waals surface area contributed by atoms with Crippen molar-refractivity contribution in [2.24, 2.45) is 0 Å². The maximum absolute atomic E-state index is 10.8. The minimum absolute atomic E-state index is 0.00464. The van der Waals surface area contributed by atoms with E-state index in [4.69, 9.17) is 61.6 Å². The molecule has 0 spiro atoms. The molecule has 0 radical (unpaired) electrons. The summed E-state index contributed by atoms with van der Waals surface area (Å²) in [7, 11) is 0. The van der Waals surface area contributed by atoms with Gasteiger partial charge in [0.2, 0.25) is 0 Å². The van der Waals surface area contributed by atoms with Gasteiger partial charge in [0.05, 0.1) is 158 Å². The highest BCUT2D eigenvalue weighted by atomic mass is 16.8. The van der Waals surface area contributed by atoms with Crippen LogP contribution in [0.2, 0.25) is 0 Å². The smallest absolute Gasteiger partial charge is 0.176 e. The Balaban J connectivity index is 2.36. The molecule has 0 amide bonds. The maximum atomic E-state index is 10.8. The molecule has 3 aliphatic heterocycles. The summed E-state index contributed by atoms with van der Waals surface area (Å²) >= 11 is 0. The molecule has 3 rings (SSSR count). The van der Waals surface area contributed by atoms with Gasteiger partial charge in [-0.15, -0.1) is 0 Å². The summed E-state index contributed by atoms with van der Waals surface area (Å²) < 4.78 is 84.4. The van der Waals surface area contributed by atoms with Crippen LogP contribution in [0.15, 0.2) is 0 Å². The molecule has 3 aliphatic rings. The molecule has 0 aromatic rings. The summed E-state index contributed by atoms with van der Waals surface area (Å²) in [5.74, 6) is 0. The van der Waals surface area contributed by atoms with Crippen molar-refractivity contribution < 1.29 is 118 Å². The molecule has 3 fully saturated rings. The van der Waals surface area contributed by atoms with Gasteiger partial charge in [0.15, 0.2) is 18.9 Å². The fourth-order valence-electron chi connectivity index (χ4n) is 8.79. The van der Waals surface area contributed by atoms with Gasteiger partial charge in [-0.05, 0) is 76.2 Å². The minimum Gasteiger partial charge on any atom is -0.392 e. The number of aliphatic hydroxyl groups is 11. The molecule has 0 saturated carbocycles. The van der Waals surface area contributed by atoms with Gasteiger partial charge < -0.3 is 134 Å². The zero-order valence-corrected chi connectivity index (χ0v) is 47.6. The Hall–Kier alpha value is -1.08. The third-order valence-corrected chi connectivity index (χ3v) is 12.0. The van der Waals surface area contributed by atoms with E-state index in [0.717, 1.165) is 0 Å². The average Bonchev–Trinajstić information content (AvgIpc) is 3.34. The van der Waals surface area contributed by atoms with E-state index in [1.54, 1.807) is 27.7 Å². The first-order valence-electron chi connectivity index (χ1n) is 27.5. The second-order valence-corrected chi connectivity index (χ2v) is 21.6. The summed E-state index contributed by atoms with van der Waals surface area (Å²) in [6.07, 6.45) is -24.6. The van der Waals surface area contributed by atoms with Gasteiger partial charge in [-0.2, -0.15) is 0 Å². The lowest BCUT2D eigenvalue weighted by Crippen LogP contribution is -2.72. The van der Waals surface area contributed by atoms with Gasteiger partial charge in [0.1, 0.15) is 54.9 Å². The van der Waals surface area contributed by atoms with Crippen LogP contribution in [0.3, 0.4) is 0 Å². The number of ether oxygens (including phenoxy) is 13. The van der Waals surface area contributed by atoms with Crippen LogP contribution in [-0.4, -0.2) is 308 Å². The third-order valence-electron chi connectivity index (χ3n) is 12.0. The van der Waals surface area contributed by atoms with E-state index < -0.39 is 159 Å². The van der Waals surface area contributed by atoms with Gasteiger partial charge in [-0.25, -0.2) is 0 Å². The van der Waals surface area contributed by atoms with Crippen LogP contribution < -0.4 is 16.0 Å². The molecule has 20 unspecified atom stereocenters. The van der Waals surface area contributed by atoms with Gasteiger partial charge >= 0.3 is 0 Å². The molecule has 0 aromatic carbocycles. The quantitative estimate of drug-likeness (QED) is 0.0275. The Labute approximate surface area is 460 Å². The van der Waals surface area contributed by atoms with Crippen LogP contribution in [-0.2, 0) is 61.6 Å². The van der Waals surface area contributed by atoms with Crippen LogP contribution in [0.4, 0.5) is 0 Å². The first kappa shape index (κ1) is 71.2. The molecule has 27 heteroatoms. The first-order chi connectivity index (χ1) is 36.8. The molecule has 3 saturated heterocycles. The molecule has 0 aliphatic carbocycles. The van der Waals surface area contributed by atoms with E-state index in [1.807, 2.05) is 0 Å². The molecule has 14 N–H and O–H groups in total. The number of nitrogens with one attached hydrogen (secondary N) is 3. The van der Waals surface area contributed by atoms with Gasteiger partial charge in [-0.1, -0.05) is 0 Å². The highest BCUT2D eigenvalue weighted by molar-refractivity contribution is 5.03. The topological polar surface area (TPSA) is 379 Å². The summed E-state index contributed by atoms with van der Waals surface area (Å²) in [6, 6.07) is -3.15. The summed E-state index contributed by atoms with van der Waals surface area (Å²) in [4.78, 5) is 0. The molecule has 27 nitrogen and oxygen atoms in total. The van der Waals surface area contributed by atoms with Gasteiger partial charge in [0.25, 0.3) is 0 Å². The summed E-state index contributed by atoms with van der Waals surface area (Å²) in [5.41, 5.74) is 0. The lowest BCUT2D eigenvalue weighted by Gasteiger charge is -2.52. The normalized spacial score (nSPS) is 34.3. The largest absolute Gasteiger partial charge is 0.392 e. The van der Waals surface area contributed by atoms with Crippen molar-refractivity contribution in [2.75, 3.05) is 92.3 Å². The number of hydrogen-bond donors (Lipinski definition) is 14. The van der Waals surface area contributed by atoms with E-state index >= 15 is 0 Å². The molecule has 464 valence electrons. The Morgan fingerprint density at radius 3 is 0.833 bits per heavy atom. The lowest BCUT2D eigenvalue weighted by molar-refractivity contribution is -0.364. The van der Waals surface area contributed by atoms with Crippen LogP contribution >= 0.6 is 0 Å². The summed E-state index contributed by atoms with van der Waals surface area (Å²) in [5, 5.41) is 125. The highest BCUT2D eigenvalue weighted by Crippen LogP contribution is 2.37. The van der Waals surface area contributed by atoms with Crippen molar-refractivity contribution >= 4 is 0 Å². The predicted molar refractivity (Wildman–Crippen MR) is 277 cm³/mol. The standard InChI is InChI=1S/C51H101N3O24/c1-26(55)12-52-40-47(71-20-34(9)63)44(38(24-67-16-30(5)59)74-49(40)73-22-36(11)65)77-51-42(54-14-28(3)57)48(72-21-35(10)64)45(39(76-51)25-68-17-31(6)60)78-50-41(53-13-27(2)56)46(70-19-33(8)62)43(69-18-32(7)61)37(75-50)23-66-15-29(4)58/h26-65H,12-25H2,1-11H3/t26?,27?,28?,29?,30?,31?,32?,33?,34?,35?,36?,37?,38?,39?,40?,41?,42?,43-,44-,45-,46?,47?,48?,49-,50+,51+/m1/s1. The second kappa shape index (κ2) is 37.3. The first-order valence-corrected chi connectivity index (χ1v) is 27.5. The second-order valence-electron chi connectivity index (χ2n) is 21.6. The van der Waals surface area contributed by atoms with E-state index in [9.17, 15) is 56.2 Å². The van der Waals surface area contributed by atoms with Gasteiger partial charge in [0, 0.05) is 19.6 Å². The Bertz CT molecular complexity index is 1520. The fourth-order valence-corrected chi connectivity index (χ4v) is 8.79. The zero-order valence-electron chi connectivity index (χ0n) is 47.6. The van der Waals surface area contributed by atoms with E-state index in [0.29, 0.717) is 0 Å². The van der Waals surface area contributed by atoms with E-state index in [2.05, 4.69) is 16.0 Å². The maximum Gasteiger partial charge on any atom is 0.176 e. The SMILES string of the molecule is CC(O)CNC1C(OCC(C)O)[C@H](O[C@@H]2OC(COCC(C)O)[C@@H](O[C@@H]3OC(COCC(C)O)[C@@H](OCC(C)O)C(OCC(C)O)C3NCC(C)O)C(OCC(C)O)C2NCC(C)O)C(COCC(C)O)O[C@H]1OCC(C)O. The minimum atomic E-state index is -1.45. The summed E-state index contributed by atoms with van der Waals surface area (Å²) in [6.45, 7) is 14.6. The molecular weight excluding hydrogens is 1040 g/mol. The molecule has 0 aromatic heterocycles. The monoisotopic (exact) mass is 1140 g/mol. The van der Waals surface area contributed by atoms with Crippen LogP contribution in [0.5, 0.6) is 0 Å². The van der Waals surface area contributed by atoms with Crippen molar-refractivity contribution in [1.29, 1.82) is 0 Å². The van der Waals surface area contributed by atoms with Crippen LogP contribution in [0.1, 0.15) is 76.2 Å². The zero-order chi connectivity index (χ0) is 58.2. The molecule has 26 atom stereocenters. The Kier molecular flexibility index (Phi) is 34.0. The van der Waals surface area contributed by atoms with Crippen molar-refractivity contribution in [2.45, 2.75) is 235 Å². The van der Waals surface area contributed by atoms with Crippen molar-refractivity contribution in [3.05, 3.63) is 0 Å². The Morgan fingerprint density at radius 1 is 0.295 bits per heavy atom. The van der Waals surface area contributed by atoms with Crippen molar-refractivity contribution in [3.63, 3.8) is 0 Å². The predicted octanol–water partition coefficient (Wildman–Crippen LogP) is -4.40. The molecular formula is C51H101N3O24. The van der Waals surface area contributed by atoms with Gasteiger partial charge in [-0.3, -0.25) is 0 Å². The van der Waals surface area contributed by atoms with Crippen LogP contribution in [0.25, 0.3) is 0 Å². The average molecular weight is 1140 g/mol. The number of hydrogen-bond acceptors (Lipinski definition) is 27. The van der Waals surface area contributed by atoms with E-state index in [1.165, 1.54) is 48.5 Å². The number of aliphatic hydroxyl groups excluding tert-OH is 11. The molecule has 3 heterocycles. The lowest BCUT2D eigenvalue weighted by atomic mass is 9.93. The third kappa shape index (κ3) is 26.2. The van der Waals surface area contributed by atoms with Crippen molar-refractivity contribution in [3.8, 4) is 0 Å². The van der Waals surface area contributed by atoms with E-state index in [-0.39, 0.29) is 92.3 Å². The van der Waals surface area contributed by atoms with Crippen LogP contribution in [0, 0.1) is 0 Å². The Morgan fingerprint density at radius 2 is 0.538 bits per heavy atom. The number of rotatable bonds is 40. The molecule has 78 heavy (non-hydrogen) atoms. The fraction of sp³-hybridized carbons (Fsp3) is 1.00. The molecule has 0 bridgehead atoms. The van der Waals surface area contributed by atoms with Crippen molar-refractivity contribution in [1.82, 2.24) is 16.0 Å². The highest BCUT2D eigenvalue weighted by Gasteiger charge is 2.56.